The molecule has 2 atom stereocenters. The molecule has 0 radical (unpaired) electrons. The fourth-order valence-corrected chi connectivity index (χ4v) is 5.93. The molecule has 19 heavy (non-hydrogen) atoms. The summed E-state index contributed by atoms with van der Waals surface area (Å²) in [6.07, 6.45) is 9.02. The van der Waals surface area contributed by atoms with Crippen LogP contribution in [0.25, 0.3) is 0 Å². The Hall–Kier alpha value is -0.0800. The van der Waals surface area contributed by atoms with Crippen molar-refractivity contribution in [3.05, 3.63) is 0 Å². The third-order valence-electron chi connectivity index (χ3n) is 6.76. The SMILES string of the molecule is CC1CC2CN(C3CCC4(CC3)CN(C)C4)CC2C1. The van der Waals surface area contributed by atoms with Crippen LogP contribution in [0.5, 0.6) is 0 Å². The lowest BCUT2D eigenvalue weighted by atomic mass is 9.67. The fourth-order valence-electron chi connectivity index (χ4n) is 5.93. The summed E-state index contributed by atoms with van der Waals surface area (Å²) in [5.74, 6) is 3.12. The predicted octanol–water partition coefficient (Wildman–Crippen LogP) is 2.84. The van der Waals surface area contributed by atoms with Gasteiger partial charge in [-0.05, 0) is 68.7 Å². The number of hydrogen-bond acceptors (Lipinski definition) is 2. The molecule has 2 saturated carbocycles. The van der Waals surface area contributed by atoms with Crippen molar-refractivity contribution >= 4 is 0 Å². The first-order valence-electron chi connectivity index (χ1n) is 8.56. The first kappa shape index (κ1) is 12.6. The normalized spacial score (nSPS) is 43.6. The summed E-state index contributed by atoms with van der Waals surface area (Å²) >= 11 is 0. The highest BCUT2D eigenvalue weighted by Gasteiger charge is 2.46. The summed E-state index contributed by atoms with van der Waals surface area (Å²) in [5.41, 5.74) is 0.745. The Kier molecular flexibility index (Phi) is 2.97. The largest absolute Gasteiger partial charge is 0.305 e. The van der Waals surface area contributed by atoms with E-state index in [4.69, 9.17) is 0 Å². The maximum atomic E-state index is 2.89. The van der Waals surface area contributed by atoms with E-state index >= 15 is 0 Å². The lowest BCUT2D eigenvalue weighted by molar-refractivity contribution is -0.0287. The molecule has 2 nitrogen and oxygen atoms in total. The molecule has 2 unspecified atom stereocenters. The number of rotatable bonds is 1. The summed E-state index contributed by atoms with van der Waals surface area (Å²) in [6.45, 7) is 8.09. The molecular weight excluding hydrogens is 232 g/mol. The van der Waals surface area contributed by atoms with Gasteiger partial charge in [-0.1, -0.05) is 6.92 Å². The minimum Gasteiger partial charge on any atom is -0.305 e. The van der Waals surface area contributed by atoms with Crippen molar-refractivity contribution in [3.8, 4) is 0 Å². The van der Waals surface area contributed by atoms with Crippen LogP contribution in [0.1, 0.15) is 45.4 Å². The second-order valence-corrected chi connectivity index (χ2v) is 8.45. The molecule has 4 rings (SSSR count). The molecule has 0 bridgehead atoms. The second-order valence-electron chi connectivity index (χ2n) is 8.45. The summed E-state index contributed by atoms with van der Waals surface area (Å²) in [6, 6.07) is 0.942. The zero-order chi connectivity index (χ0) is 13.0. The Morgan fingerprint density at radius 3 is 2.05 bits per heavy atom. The van der Waals surface area contributed by atoms with Crippen molar-refractivity contribution in [2.75, 3.05) is 33.2 Å². The van der Waals surface area contributed by atoms with Gasteiger partial charge in [0.05, 0.1) is 0 Å². The van der Waals surface area contributed by atoms with E-state index in [-0.39, 0.29) is 0 Å². The lowest BCUT2D eigenvalue weighted by Crippen LogP contribution is -2.57. The van der Waals surface area contributed by atoms with Gasteiger partial charge in [0.25, 0.3) is 0 Å². The molecule has 0 aromatic carbocycles. The van der Waals surface area contributed by atoms with Crippen LogP contribution in [0.3, 0.4) is 0 Å². The zero-order valence-corrected chi connectivity index (χ0v) is 12.8. The molecule has 0 aromatic heterocycles. The molecule has 1 spiro atoms. The lowest BCUT2D eigenvalue weighted by Gasteiger charge is -2.53. The van der Waals surface area contributed by atoms with E-state index < -0.39 is 0 Å². The van der Waals surface area contributed by atoms with Gasteiger partial charge in [0.2, 0.25) is 0 Å². The van der Waals surface area contributed by atoms with Gasteiger partial charge < -0.3 is 4.90 Å². The monoisotopic (exact) mass is 262 g/mol. The molecule has 108 valence electrons. The van der Waals surface area contributed by atoms with Crippen LogP contribution in [0.4, 0.5) is 0 Å². The summed E-state index contributed by atoms with van der Waals surface area (Å²) in [7, 11) is 2.28. The molecule has 2 heteroatoms. The Morgan fingerprint density at radius 1 is 0.947 bits per heavy atom. The van der Waals surface area contributed by atoms with Crippen LogP contribution in [-0.2, 0) is 0 Å². The Labute approximate surface area is 118 Å². The quantitative estimate of drug-likeness (QED) is 0.717. The maximum absolute atomic E-state index is 2.89. The molecular formula is C17H30N2. The van der Waals surface area contributed by atoms with Crippen LogP contribution >= 0.6 is 0 Å². The molecule has 2 aliphatic heterocycles. The van der Waals surface area contributed by atoms with Crippen molar-refractivity contribution in [2.45, 2.75) is 51.5 Å². The highest BCUT2D eigenvalue weighted by molar-refractivity contribution is 5.00. The van der Waals surface area contributed by atoms with Crippen molar-refractivity contribution < 1.29 is 0 Å². The van der Waals surface area contributed by atoms with Gasteiger partial charge in [0.1, 0.15) is 0 Å². The maximum Gasteiger partial charge on any atom is 0.00959 e. The third kappa shape index (κ3) is 2.15. The average molecular weight is 262 g/mol. The topological polar surface area (TPSA) is 6.48 Å². The highest BCUT2D eigenvalue weighted by atomic mass is 15.2. The molecule has 0 N–H and O–H groups in total. The van der Waals surface area contributed by atoms with Gasteiger partial charge in [0, 0.05) is 32.2 Å². The van der Waals surface area contributed by atoms with Gasteiger partial charge in [-0.3, -0.25) is 4.90 Å². The van der Waals surface area contributed by atoms with E-state index in [1.807, 2.05) is 0 Å². The number of hydrogen-bond donors (Lipinski definition) is 0. The van der Waals surface area contributed by atoms with Gasteiger partial charge in [-0.25, -0.2) is 0 Å². The number of nitrogens with zero attached hydrogens (tertiary/aromatic N) is 2. The molecule has 2 heterocycles. The van der Waals surface area contributed by atoms with Crippen molar-refractivity contribution in [1.82, 2.24) is 9.80 Å². The van der Waals surface area contributed by atoms with Gasteiger partial charge in [0.15, 0.2) is 0 Å². The molecule has 2 saturated heterocycles. The third-order valence-corrected chi connectivity index (χ3v) is 6.76. The summed E-state index contributed by atoms with van der Waals surface area (Å²) < 4.78 is 0. The van der Waals surface area contributed by atoms with Crippen LogP contribution in [0.15, 0.2) is 0 Å². The van der Waals surface area contributed by atoms with Gasteiger partial charge in [-0.2, -0.15) is 0 Å². The number of likely N-dealkylation sites (tertiary alicyclic amines) is 2. The van der Waals surface area contributed by atoms with E-state index in [0.717, 1.165) is 29.2 Å². The molecule has 4 aliphatic rings. The Morgan fingerprint density at radius 2 is 1.53 bits per heavy atom. The Bertz CT molecular complexity index is 323. The first-order valence-corrected chi connectivity index (χ1v) is 8.56. The van der Waals surface area contributed by atoms with E-state index in [1.165, 1.54) is 64.7 Å². The standard InChI is InChI=1S/C17H30N2/c1-13-7-14-9-19(10-15(14)8-13)16-3-5-17(6-4-16)11-18(2)12-17/h13-16H,3-12H2,1-2H3. The fraction of sp³-hybridized carbons (Fsp3) is 1.00. The van der Waals surface area contributed by atoms with Crippen LogP contribution in [0, 0.1) is 23.2 Å². The van der Waals surface area contributed by atoms with Crippen LogP contribution in [0.2, 0.25) is 0 Å². The van der Waals surface area contributed by atoms with Crippen molar-refractivity contribution in [3.63, 3.8) is 0 Å². The predicted molar refractivity (Wildman–Crippen MR) is 79.1 cm³/mol. The van der Waals surface area contributed by atoms with Gasteiger partial charge in [-0.15, -0.1) is 0 Å². The first-order chi connectivity index (χ1) is 9.13. The van der Waals surface area contributed by atoms with E-state index in [0.29, 0.717) is 0 Å². The van der Waals surface area contributed by atoms with Crippen LogP contribution < -0.4 is 0 Å². The minimum atomic E-state index is 0.745. The summed E-state index contributed by atoms with van der Waals surface area (Å²) in [5, 5.41) is 0. The average Bonchev–Trinajstić information content (AvgIpc) is 2.85. The second kappa shape index (κ2) is 4.46. The van der Waals surface area contributed by atoms with E-state index in [9.17, 15) is 0 Å². The van der Waals surface area contributed by atoms with E-state index in [1.54, 1.807) is 0 Å². The molecule has 2 aliphatic carbocycles. The van der Waals surface area contributed by atoms with Gasteiger partial charge >= 0.3 is 0 Å². The molecule has 4 fully saturated rings. The van der Waals surface area contributed by atoms with Crippen LogP contribution in [-0.4, -0.2) is 49.1 Å². The van der Waals surface area contributed by atoms with Crippen molar-refractivity contribution in [2.24, 2.45) is 23.2 Å². The van der Waals surface area contributed by atoms with E-state index in [2.05, 4.69) is 23.8 Å². The molecule has 0 amide bonds. The zero-order valence-electron chi connectivity index (χ0n) is 12.8. The molecule has 0 aromatic rings. The Balaban J connectivity index is 1.31. The highest BCUT2D eigenvalue weighted by Crippen LogP contribution is 2.47. The number of fused-ring (bicyclic) bond motifs is 1. The minimum absolute atomic E-state index is 0.745. The summed E-state index contributed by atoms with van der Waals surface area (Å²) in [4.78, 5) is 5.39. The van der Waals surface area contributed by atoms with Crippen molar-refractivity contribution in [1.29, 1.82) is 0 Å². The smallest absolute Gasteiger partial charge is 0.00959 e.